The third-order valence-corrected chi connectivity index (χ3v) is 3.70. The molecule has 3 N–H and O–H groups in total. The van der Waals surface area contributed by atoms with E-state index in [0.717, 1.165) is 16.9 Å². The van der Waals surface area contributed by atoms with E-state index in [4.69, 9.17) is 4.74 Å². The first kappa shape index (κ1) is 15.8. The summed E-state index contributed by atoms with van der Waals surface area (Å²) in [7, 11) is 0. The van der Waals surface area contributed by atoms with Gasteiger partial charge >= 0.3 is 0 Å². The Hall–Kier alpha value is -1.59. The van der Waals surface area contributed by atoms with Crippen molar-refractivity contribution in [3.05, 3.63) is 29.3 Å². The monoisotopic (exact) mass is 292 g/mol. The van der Waals surface area contributed by atoms with Gasteiger partial charge in [0, 0.05) is 6.54 Å². The lowest BCUT2D eigenvalue weighted by Gasteiger charge is -2.19. The normalized spacial score (nSPS) is 22.9. The minimum Gasteiger partial charge on any atom is -0.491 e. The lowest BCUT2D eigenvalue weighted by molar-refractivity contribution is -0.123. The van der Waals surface area contributed by atoms with Gasteiger partial charge < -0.3 is 20.5 Å². The number of aryl methyl sites for hydroxylation is 2. The number of hydrogen-bond donors (Lipinski definition) is 3. The quantitative estimate of drug-likeness (QED) is 0.754. The van der Waals surface area contributed by atoms with Crippen LogP contribution in [0.3, 0.4) is 0 Å². The van der Waals surface area contributed by atoms with E-state index in [1.807, 2.05) is 39.0 Å². The number of aliphatic hydroxyl groups is 1. The molecule has 1 aromatic rings. The van der Waals surface area contributed by atoms with Crippen molar-refractivity contribution in [3.63, 3.8) is 0 Å². The molecular formula is C16H24N2O3. The molecule has 21 heavy (non-hydrogen) atoms. The molecule has 0 saturated carbocycles. The lowest BCUT2D eigenvalue weighted by atomic mass is 10.1. The van der Waals surface area contributed by atoms with Crippen LogP contribution in [0.5, 0.6) is 5.75 Å². The number of nitrogens with one attached hydrogen (secondary N) is 2. The Morgan fingerprint density at radius 2 is 2.14 bits per heavy atom. The zero-order chi connectivity index (χ0) is 15.4. The van der Waals surface area contributed by atoms with E-state index in [9.17, 15) is 9.90 Å². The van der Waals surface area contributed by atoms with Gasteiger partial charge in [0.15, 0.2) is 0 Å². The van der Waals surface area contributed by atoms with Crippen LogP contribution in [-0.2, 0) is 4.79 Å². The highest BCUT2D eigenvalue weighted by Gasteiger charge is 2.28. The number of carbonyl (C=O) groups is 1. The van der Waals surface area contributed by atoms with Crippen LogP contribution in [0, 0.1) is 13.8 Å². The van der Waals surface area contributed by atoms with Crippen LogP contribution >= 0.6 is 0 Å². The molecule has 0 spiro atoms. The first-order valence-corrected chi connectivity index (χ1v) is 7.38. The van der Waals surface area contributed by atoms with Crippen molar-refractivity contribution < 1.29 is 14.6 Å². The molecule has 1 aromatic carbocycles. The molecule has 2 rings (SSSR count). The molecule has 0 bridgehead atoms. The average molecular weight is 292 g/mol. The van der Waals surface area contributed by atoms with E-state index >= 15 is 0 Å². The summed E-state index contributed by atoms with van der Waals surface area (Å²) >= 11 is 0. The fraction of sp³-hybridized carbons (Fsp3) is 0.562. The standard InChI is InChI=1S/C16H24N2O3/c1-10-5-4-6-11(2)15(10)21-9-12(3)18-16(20)14-7-13(19)8-17-14/h4-6,12-14,17,19H,7-9H2,1-3H3,(H,18,20). The molecule has 0 aromatic heterocycles. The van der Waals surface area contributed by atoms with Gasteiger partial charge in [-0.3, -0.25) is 4.79 Å². The third kappa shape index (κ3) is 4.19. The molecule has 1 aliphatic rings. The van der Waals surface area contributed by atoms with Crippen molar-refractivity contribution in [1.29, 1.82) is 0 Å². The maximum atomic E-state index is 12.0. The molecule has 5 heteroatoms. The maximum Gasteiger partial charge on any atom is 0.237 e. The van der Waals surface area contributed by atoms with Gasteiger partial charge in [-0.15, -0.1) is 0 Å². The van der Waals surface area contributed by atoms with Gasteiger partial charge in [0.25, 0.3) is 0 Å². The van der Waals surface area contributed by atoms with E-state index in [1.165, 1.54) is 0 Å². The molecule has 1 aliphatic heterocycles. The second-order valence-electron chi connectivity index (χ2n) is 5.79. The number of hydrogen-bond acceptors (Lipinski definition) is 4. The summed E-state index contributed by atoms with van der Waals surface area (Å²) in [6, 6.07) is 5.63. The Balaban J connectivity index is 1.82. The lowest BCUT2D eigenvalue weighted by Crippen LogP contribution is -2.46. The first-order chi connectivity index (χ1) is 9.97. The third-order valence-electron chi connectivity index (χ3n) is 3.70. The van der Waals surface area contributed by atoms with Crippen LogP contribution in [0.1, 0.15) is 24.5 Å². The number of aliphatic hydroxyl groups excluding tert-OH is 1. The van der Waals surface area contributed by atoms with Crippen molar-refractivity contribution in [3.8, 4) is 5.75 Å². The molecule has 1 fully saturated rings. The van der Waals surface area contributed by atoms with Crippen LogP contribution in [0.2, 0.25) is 0 Å². The molecule has 116 valence electrons. The maximum absolute atomic E-state index is 12.0. The van der Waals surface area contributed by atoms with E-state index in [0.29, 0.717) is 19.6 Å². The highest BCUT2D eigenvalue weighted by molar-refractivity contribution is 5.82. The molecule has 1 amide bonds. The summed E-state index contributed by atoms with van der Waals surface area (Å²) in [4.78, 5) is 12.0. The summed E-state index contributed by atoms with van der Waals surface area (Å²) in [5, 5.41) is 15.3. The number of benzene rings is 1. The number of carbonyl (C=O) groups excluding carboxylic acids is 1. The molecular weight excluding hydrogens is 268 g/mol. The fourth-order valence-electron chi connectivity index (χ4n) is 2.54. The van der Waals surface area contributed by atoms with Crippen LogP contribution < -0.4 is 15.4 Å². The van der Waals surface area contributed by atoms with Crippen molar-refractivity contribution in [1.82, 2.24) is 10.6 Å². The van der Waals surface area contributed by atoms with Crippen molar-refractivity contribution in [2.24, 2.45) is 0 Å². The predicted octanol–water partition coefficient (Wildman–Crippen LogP) is 0.910. The molecule has 0 aliphatic carbocycles. The predicted molar refractivity (Wildman–Crippen MR) is 81.4 cm³/mol. The van der Waals surface area contributed by atoms with Crippen LogP contribution in [0.15, 0.2) is 18.2 Å². The molecule has 3 atom stereocenters. The Morgan fingerprint density at radius 1 is 1.48 bits per heavy atom. The zero-order valence-corrected chi connectivity index (χ0v) is 12.8. The summed E-state index contributed by atoms with van der Waals surface area (Å²) in [5.41, 5.74) is 2.18. The second kappa shape index (κ2) is 6.91. The van der Waals surface area contributed by atoms with Crippen LogP contribution in [0.25, 0.3) is 0 Å². The van der Waals surface area contributed by atoms with E-state index in [2.05, 4.69) is 10.6 Å². The topological polar surface area (TPSA) is 70.6 Å². The fourth-order valence-corrected chi connectivity index (χ4v) is 2.54. The number of rotatable bonds is 5. The molecule has 1 saturated heterocycles. The van der Waals surface area contributed by atoms with Gasteiger partial charge in [-0.2, -0.15) is 0 Å². The van der Waals surface area contributed by atoms with E-state index < -0.39 is 6.10 Å². The molecule has 1 heterocycles. The highest BCUT2D eigenvalue weighted by Crippen LogP contribution is 2.22. The van der Waals surface area contributed by atoms with Crippen molar-refractivity contribution in [2.45, 2.75) is 45.4 Å². The van der Waals surface area contributed by atoms with E-state index in [1.54, 1.807) is 0 Å². The molecule has 3 unspecified atom stereocenters. The summed E-state index contributed by atoms with van der Waals surface area (Å²) in [6.07, 6.45) is 0.0398. The van der Waals surface area contributed by atoms with Gasteiger partial charge in [0.05, 0.1) is 18.2 Å². The Kier molecular flexibility index (Phi) is 5.20. The average Bonchev–Trinajstić information content (AvgIpc) is 2.85. The van der Waals surface area contributed by atoms with Crippen LogP contribution in [-0.4, -0.2) is 42.4 Å². The van der Waals surface area contributed by atoms with Crippen molar-refractivity contribution in [2.75, 3.05) is 13.2 Å². The first-order valence-electron chi connectivity index (χ1n) is 7.38. The SMILES string of the molecule is Cc1cccc(C)c1OCC(C)NC(=O)C1CC(O)CN1. The van der Waals surface area contributed by atoms with Gasteiger partial charge in [-0.1, -0.05) is 18.2 Å². The van der Waals surface area contributed by atoms with Gasteiger partial charge in [-0.05, 0) is 38.3 Å². The summed E-state index contributed by atoms with van der Waals surface area (Å²) < 4.78 is 5.83. The smallest absolute Gasteiger partial charge is 0.237 e. The second-order valence-corrected chi connectivity index (χ2v) is 5.79. The Labute approximate surface area is 125 Å². The minimum absolute atomic E-state index is 0.0795. The Bertz CT molecular complexity index is 484. The summed E-state index contributed by atoms with van der Waals surface area (Å²) in [6.45, 7) is 6.83. The van der Waals surface area contributed by atoms with Crippen molar-refractivity contribution >= 4 is 5.91 Å². The summed E-state index contributed by atoms with van der Waals surface area (Å²) in [5.74, 6) is 0.803. The number of ether oxygens (including phenoxy) is 1. The number of β-amino-alcohol motifs (C(OH)–C–C–N with tert-alkyl or cyclic N) is 1. The zero-order valence-electron chi connectivity index (χ0n) is 12.8. The largest absolute Gasteiger partial charge is 0.491 e. The Morgan fingerprint density at radius 3 is 2.71 bits per heavy atom. The highest BCUT2D eigenvalue weighted by atomic mass is 16.5. The number of amides is 1. The minimum atomic E-state index is -0.429. The molecule has 5 nitrogen and oxygen atoms in total. The van der Waals surface area contributed by atoms with Gasteiger partial charge in [0.1, 0.15) is 12.4 Å². The van der Waals surface area contributed by atoms with E-state index in [-0.39, 0.29) is 18.0 Å². The van der Waals surface area contributed by atoms with Gasteiger partial charge in [0.2, 0.25) is 5.91 Å². The van der Waals surface area contributed by atoms with Gasteiger partial charge in [-0.25, -0.2) is 0 Å². The number of para-hydroxylation sites is 1. The van der Waals surface area contributed by atoms with Crippen LogP contribution in [0.4, 0.5) is 0 Å². The molecule has 0 radical (unpaired) electrons.